The molecular formula is C7H11NO3. The van der Waals surface area contributed by atoms with Gasteiger partial charge in [0.15, 0.2) is 5.60 Å². The van der Waals surface area contributed by atoms with Gasteiger partial charge in [-0.05, 0) is 13.3 Å². The minimum atomic E-state index is -2.76. The Morgan fingerprint density at radius 1 is 1.73 bits per heavy atom. The Balaban J connectivity index is 3.04. The summed E-state index contributed by atoms with van der Waals surface area (Å²) >= 11 is 0. The van der Waals surface area contributed by atoms with Crippen molar-refractivity contribution >= 4 is 12.0 Å². The van der Waals surface area contributed by atoms with Crippen LogP contribution in [-0.4, -0.2) is 29.5 Å². The van der Waals surface area contributed by atoms with E-state index in [1.807, 2.05) is 0 Å². The van der Waals surface area contributed by atoms with Crippen LogP contribution in [0.25, 0.3) is 0 Å². The van der Waals surface area contributed by atoms with Crippen LogP contribution in [0.4, 0.5) is 4.79 Å². The molecule has 0 saturated carbocycles. The van der Waals surface area contributed by atoms with E-state index >= 15 is 0 Å². The molecule has 1 heterocycles. The molecule has 4 heteroatoms. The highest BCUT2D eigenvalue weighted by Crippen LogP contribution is 2.25. The lowest BCUT2D eigenvalue weighted by molar-refractivity contribution is -0.135. The fourth-order valence-electron chi connectivity index (χ4n) is 0.825. The second-order valence-electron chi connectivity index (χ2n) is 2.59. The van der Waals surface area contributed by atoms with Gasteiger partial charge in [0.25, 0.3) is 5.91 Å². The van der Waals surface area contributed by atoms with Crippen LogP contribution in [-0.2, 0) is 9.53 Å². The van der Waals surface area contributed by atoms with Crippen LogP contribution in [0, 0.1) is 0 Å². The number of nitrogens with zero attached hydrogens (tertiary/aromatic N) is 1. The Labute approximate surface area is 69.3 Å². The van der Waals surface area contributed by atoms with Crippen LogP contribution in [0.15, 0.2) is 0 Å². The molecule has 0 N–H and O–H groups in total. The highest BCUT2D eigenvalue weighted by atomic mass is 16.6. The van der Waals surface area contributed by atoms with Crippen molar-refractivity contribution < 1.29 is 18.4 Å². The van der Waals surface area contributed by atoms with Crippen LogP contribution >= 0.6 is 0 Å². The summed E-state index contributed by atoms with van der Waals surface area (Å²) in [5.41, 5.74) is -1.33. The van der Waals surface area contributed by atoms with E-state index in [0.717, 1.165) is 0 Å². The number of carbonyl (C=O) groups excluding carboxylic acids is 2. The van der Waals surface area contributed by atoms with E-state index in [-0.39, 0.29) is 11.3 Å². The lowest BCUT2D eigenvalue weighted by atomic mass is 10.0. The van der Waals surface area contributed by atoms with Crippen LogP contribution in [0.3, 0.4) is 0 Å². The van der Waals surface area contributed by atoms with Crippen LogP contribution in [0.1, 0.15) is 24.4 Å². The molecule has 0 bridgehead atoms. The smallest absolute Gasteiger partial charge is 0.417 e. The van der Waals surface area contributed by atoms with Crippen molar-refractivity contribution in [2.75, 3.05) is 6.98 Å². The molecule has 1 rings (SSSR count). The molecule has 0 spiro atoms. The fourth-order valence-corrected chi connectivity index (χ4v) is 0.825. The molecular weight excluding hydrogens is 146 g/mol. The predicted molar refractivity (Wildman–Crippen MR) is 37.9 cm³/mol. The van der Waals surface area contributed by atoms with E-state index in [9.17, 15) is 9.59 Å². The standard InChI is InChI=1S/C7H11NO3/c1-4-7(2)5(9)8(3)6(10)11-7/h4H2,1-3H3/i3D3. The topological polar surface area (TPSA) is 46.6 Å². The maximum Gasteiger partial charge on any atom is 0.417 e. The SMILES string of the molecule is [2H]C([2H])([2H])N1C(=O)OC(C)(CC)C1=O. The quantitative estimate of drug-likeness (QED) is 0.569. The number of cyclic esters (lactones) is 1. The molecule has 2 amide bonds. The number of amides is 2. The van der Waals surface area contributed by atoms with Gasteiger partial charge in [-0.15, -0.1) is 0 Å². The molecule has 1 aliphatic rings. The Hall–Kier alpha value is -1.06. The van der Waals surface area contributed by atoms with Gasteiger partial charge in [-0.1, -0.05) is 6.92 Å². The predicted octanol–water partition coefficient (Wildman–Crippen LogP) is 0.764. The summed E-state index contributed by atoms with van der Waals surface area (Å²) in [5.74, 6) is -0.801. The highest BCUT2D eigenvalue weighted by molar-refractivity contribution is 6.02. The van der Waals surface area contributed by atoms with E-state index in [1.165, 1.54) is 6.92 Å². The molecule has 0 aromatic rings. The van der Waals surface area contributed by atoms with Crippen molar-refractivity contribution in [2.45, 2.75) is 25.9 Å². The summed E-state index contributed by atoms with van der Waals surface area (Å²) in [6.45, 7) is 0.286. The zero-order valence-electron chi connectivity index (χ0n) is 9.38. The molecule has 11 heavy (non-hydrogen) atoms. The van der Waals surface area contributed by atoms with E-state index in [1.54, 1.807) is 6.92 Å². The van der Waals surface area contributed by atoms with Gasteiger partial charge in [-0.25, -0.2) is 9.69 Å². The van der Waals surface area contributed by atoms with Gasteiger partial charge in [0.1, 0.15) is 0 Å². The van der Waals surface area contributed by atoms with E-state index in [4.69, 9.17) is 8.85 Å². The third kappa shape index (κ3) is 0.982. The first kappa shape index (κ1) is 4.74. The van der Waals surface area contributed by atoms with Crippen molar-refractivity contribution in [3.63, 3.8) is 0 Å². The second-order valence-corrected chi connectivity index (χ2v) is 2.59. The monoisotopic (exact) mass is 160 g/mol. The molecule has 62 valence electrons. The Bertz CT molecular complexity index is 288. The summed E-state index contributed by atoms with van der Waals surface area (Å²) < 4.78 is 25.7. The van der Waals surface area contributed by atoms with Gasteiger partial charge in [-0.2, -0.15) is 0 Å². The molecule has 1 atom stereocenters. The minimum absolute atomic E-state index is 0.191. The maximum atomic E-state index is 11.5. The Morgan fingerprint density at radius 3 is 2.64 bits per heavy atom. The van der Waals surface area contributed by atoms with Gasteiger partial charge in [0, 0.05) is 11.1 Å². The molecule has 0 aromatic heterocycles. The summed E-state index contributed by atoms with van der Waals surface area (Å²) in [4.78, 5) is 22.9. The normalized spacial score (nSPS) is 36.2. The molecule has 1 saturated heterocycles. The molecule has 1 unspecified atom stereocenters. The molecule has 0 radical (unpaired) electrons. The molecule has 0 aliphatic carbocycles. The summed E-state index contributed by atoms with van der Waals surface area (Å²) in [6.07, 6.45) is -0.844. The number of likely N-dealkylation sites (N-methyl/N-ethyl adjacent to an activating group) is 1. The molecule has 1 fully saturated rings. The molecule has 1 aliphatic heterocycles. The Kier molecular flexibility index (Phi) is 0.957. The van der Waals surface area contributed by atoms with Crippen molar-refractivity contribution in [3.05, 3.63) is 0 Å². The third-order valence-electron chi connectivity index (χ3n) is 1.83. The fraction of sp³-hybridized carbons (Fsp3) is 0.714. The Morgan fingerprint density at radius 2 is 2.36 bits per heavy atom. The first-order chi connectivity index (χ1) is 6.22. The first-order valence-electron chi connectivity index (χ1n) is 4.80. The molecule has 4 nitrogen and oxygen atoms in total. The summed E-state index contributed by atoms with van der Waals surface area (Å²) in [6, 6.07) is 0. The summed E-state index contributed by atoms with van der Waals surface area (Å²) in [7, 11) is 0. The van der Waals surface area contributed by atoms with Crippen LogP contribution in [0.5, 0.6) is 0 Å². The maximum absolute atomic E-state index is 11.5. The number of hydrogen-bond acceptors (Lipinski definition) is 3. The zero-order valence-corrected chi connectivity index (χ0v) is 6.38. The highest BCUT2D eigenvalue weighted by Gasteiger charge is 2.47. The number of imide groups is 1. The average molecular weight is 160 g/mol. The largest absolute Gasteiger partial charge is 0.433 e. The van der Waals surface area contributed by atoms with Gasteiger partial charge in [-0.3, -0.25) is 4.79 Å². The van der Waals surface area contributed by atoms with Crippen LogP contribution < -0.4 is 0 Å². The second kappa shape index (κ2) is 2.22. The van der Waals surface area contributed by atoms with Gasteiger partial charge < -0.3 is 4.74 Å². The van der Waals surface area contributed by atoms with E-state index in [2.05, 4.69) is 0 Å². The number of carbonyl (C=O) groups is 2. The van der Waals surface area contributed by atoms with E-state index in [0.29, 0.717) is 0 Å². The minimum Gasteiger partial charge on any atom is -0.433 e. The zero-order chi connectivity index (χ0) is 11.1. The number of ether oxygens (including phenoxy) is 1. The van der Waals surface area contributed by atoms with Gasteiger partial charge in [0.2, 0.25) is 0 Å². The van der Waals surface area contributed by atoms with Crippen molar-refractivity contribution in [2.24, 2.45) is 0 Å². The van der Waals surface area contributed by atoms with Crippen LogP contribution in [0.2, 0.25) is 0 Å². The number of rotatable bonds is 1. The van der Waals surface area contributed by atoms with Crippen molar-refractivity contribution in [1.29, 1.82) is 0 Å². The van der Waals surface area contributed by atoms with E-state index < -0.39 is 24.6 Å². The first-order valence-corrected chi connectivity index (χ1v) is 3.30. The average Bonchev–Trinajstić information content (AvgIpc) is 2.22. The lowest BCUT2D eigenvalue weighted by Crippen LogP contribution is -2.35. The lowest BCUT2D eigenvalue weighted by Gasteiger charge is -2.15. The van der Waals surface area contributed by atoms with Crippen molar-refractivity contribution in [3.8, 4) is 0 Å². The number of hydrogen-bond donors (Lipinski definition) is 0. The summed E-state index contributed by atoms with van der Waals surface area (Å²) in [5, 5.41) is 0. The van der Waals surface area contributed by atoms with Crippen molar-refractivity contribution in [1.82, 2.24) is 4.90 Å². The molecule has 0 aromatic carbocycles. The van der Waals surface area contributed by atoms with Gasteiger partial charge >= 0.3 is 6.09 Å². The van der Waals surface area contributed by atoms with Gasteiger partial charge in [0.05, 0.1) is 0 Å². The third-order valence-corrected chi connectivity index (χ3v) is 1.83.